The minimum Gasteiger partial charge on any atom is -0.478 e. The zero-order valence-electron chi connectivity index (χ0n) is 16.6. The number of benzene rings is 2. The molecule has 2 aliphatic heterocycles. The Morgan fingerprint density at radius 1 is 1.10 bits per heavy atom. The fourth-order valence-corrected chi connectivity index (χ4v) is 3.34. The van der Waals surface area contributed by atoms with Crippen molar-refractivity contribution in [1.29, 1.82) is 5.26 Å². The number of nitriles is 1. The van der Waals surface area contributed by atoms with E-state index >= 15 is 0 Å². The van der Waals surface area contributed by atoms with Gasteiger partial charge in [-0.15, -0.1) is 0 Å². The molecule has 0 aromatic heterocycles. The molecular formula is C24H18N4O3. The number of amides is 1. The molecule has 2 aromatic carbocycles. The van der Waals surface area contributed by atoms with Crippen LogP contribution >= 0.6 is 0 Å². The van der Waals surface area contributed by atoms with Gasteiger partial charge in [0.15, 0.2) is 0 Å². The van der Waals surface area contributed by atoms with Crippen LogP contribution in [0.2, 0.25) is 0 Å². The van der Waals surface area contributed by atoms with Crippen LogP contribution in [0.1, 0.15) is 34.0 Å². The summed E-state index contributed by atoms with van der Waals surface area (Å²) >= 11 is 0. The molecule has 0 saturated carbocycles. The van der Waals surface area contributed by atoms with Crippen molar-refractivity contribution >= 4 is 28.9 Å². The molecule has 2 N–H and O–H groups in total. The first-order valence-corrected chi connectivity index (χ1v) is 9.55. The first-order valence-electron chi connectivity index (χ1n) is 9.55. The van der Waals surface area contributed by atoms with Crippen LogP contribution in [0.25, 0.3) is 11.3 Å². The summed E-state index contributed by atoms with van der Waals surface area (Å²) < 4.78 is 0. The lowest BCUT2D eigenvalue weighted by atomic mass is 10.0. The third kappa shape index (κ3) is 4.14. The number of hydrogen-bond donors (Lipinski definition) is 2. The van der Waals surface area contributed by atoms with E-state index < -0.39 is 12.1 Å². The van der Waals surface area contributed by atoms with Gasteiger partial charge in [-0.2, -0.15) is 10.4 Å². The Balaban J connectivity index is 1.72. The van der Waals surface area contributed by atoms with Crippen LogP contribution < -0.4 is 5.32 Å². The summed E-state index contributed by atoms with van der Waals surface area (Å²) in [6, 6.07) is 15.6. The Labute approximate surface area is 178 Å². The number of rotatable bonds is 3. The molecule has 7 nitrogen and oxygen atoms in total. The quantitative estimate of drug-likeness (QED) is 0.807. The van der Waals surface area contributed by atoms with E-state index in [1.165, 1.54) is 11.1 Å². The maximum Gasteiger partial charge on any atom is 0.335 e. The predicted molar refractivity (Wildman–Crippen MR) is 117 cm³/mol. The lowest BCUT2D eigenvalue weighted by molar-refractivity contribution is -0.128. The van der Waals surface area contributed by atoms with Crippen LogP contribution in [-0.4, -0.2) is 33.9 Å². The molecule has 7 heteroatoms. The zero-order chi connectivity index (χ0) is 22.0. The Hall–Kier alpha value is -4.44. The fourth-order valence-electron chi connectivity index (χ4n) is 3.34. The van der Waals surface area contributed by atoms with E-state index in [1.807, 2.05) is 12.2 Å². The van der Waals surface area contributed by atoms with Crippen molar-refractivity contribution in [1.82, 2.24) is 10.3 Å². The van der Waals surface area contributed by atoms with Gasteiger partial charge in [-0.05, 0) is 60.0 Å². The van der Waals surface area contributed by atoms with Crippen molar-refractivity contribution in [3.63, 3.8) is 0 Å². The molecule has 0 saturated heterocycles. The van der Waals surface area contributed by atoms with Crippen molar-refractivity contribution in [2.45, 2.75) is 13.1 Å². The maximum absolute atomic E-state index is 12.8. The summed E-state index contributed by atoms with van der Waals surface area (Å²) in [5.74, 6) is -1.26. The Morgan fingerprint density at radius 3 is 2.42 bits per heavy atom. The molecule has 2 heterocycles. The Kier molecular flexibility index (Phi) is 5.21. The first kappa shape index (κ1) is 19.9. The normalized spacial score (nSPS) is 17.8. The predicted octanol–water partition coefficient (Wildman–Crippen LogP) is 3.38. The second-order valence-electron chi connectivity index (χ2n) is 7.10. The van der Waals surface area contributed by atoms with Gasteiger partial charge < -0.3 is 10.4 Å². The van der Waals surface area contributed by atoms with E-state index in [0.29, 0.717) is 17.0 Å². The van der Waals surface area contributed by atoms with Crippen molar-refractivity contribution in [2.75, 3.05) is 0 Å². The molecule has 0 aliphatic carbocycles. The highest BCUT2D eigenvalue weighted by Crippen LogP contribution is 2.25. The van der Waals surface area contributed by atoms with E-state index in [4.69, 9.17) is 10.4 Å². The number of nitrogens with one attached hydrogen (secondary N) is 1. The molecule has 2 aliphatic rings. The molecule has 0 spiro atoms. The van der Waals surface area contributed by atoms with Gasteiger partial charge in [-0.1, -0.05) is 30.3 Å². The lowest BCUT2D eigenvalue weighted by Gasteiger charge is -2.32. The number of allylic oxidation sites excluding steroid dienone is 3. The smallest absolute Gasteiger partial charge is 0.335 e. The average molecular weight is 410 g/mol. The van der Waals surface area contributed by atoms with Gasteiger partial charge in [-0.3, -0.25) is 4.79 Å². The van der Waals surface area contributed by atoms with Crippen LogP contribution in [0, 0.1) is 11.3 Å². The number of carboxylic acids is 1. The van der Waals surface area contributed by atoms with Gasteiger partial charge in [0, 0.05) is 11.8 Å². The average Bonchev–Trinajstić information content (AvgIpc) is 2.77. The molecule has 1 unspecified atom stereocenters. The number of carboxylic acid groups (broad SMARTS) is 1. The van der Waals surface area contributed by atoms with Gasteiger partial charge in [0.1, 0.15) is 6.17 Å². The minimum absolute atomic E-state index is 0.204. The Bertz CT molecular complexity index is 1210. The molecule has 0 fully saturated rings. The van der Waals surface area contributed by atoms with Crippen molar-refractivity contribution in [3.8, 4) is 6.07 Å². The fraction of sp³-hybridized carbons (Fsp3) is 0.0833. The number of carbonyl (C=O) groups excluding carboxylic acids is 1. The summed E-state index contributed by atoms with van der Waals surface area (Å²) in [4.78, 5) is 24.0. The van der Waals surface area contributed by atoms with Crippen molar-refractivity contribution < 1.29 is 14.7 Å². The van der Waals surface area contributed by atoms with Gasteiger partial charge in [0.2, 0.25) is 0 Å². The highest BCUT2D eigenvalue weighted by atomic mass is 16.4. The molecule has 31 heavy (non-hydrogen) atoms. The third-order valence-corrected chi connectivity index (χ3v) is 4.96. The molecule has 0 bridgehead atoms. The molecule has 2 aromatic rings. The lowest BCUT2D eigenvalue weighted by Crippen LogP contribution is -2.47. The van der Waals surface area contributed by atoms with Crippen LogP contribution in [0.3, 0.4) is 0 Å². The maximum atomic E-state index is 12.8. The van der Waals surface area contributed by atoms with Gasteiger partial charge in [0.05, 0.1) is 22.9 Å². The monoisotopic (exact) mass is 410 g/mol. The van der Waals surface area contributed by atoms with Gasteiger partial charge in [0.25, 0.3) is 5.91 Å². The zero-order valence-corrected chi connectivity index (χ0v) is 16.6. The van der Waals surface area contributed by atoms with E-state index in [0.717, 1.165) is 16.7 Å². The van der Waals surface area contributed by atoms with Crippen LogP contribution in [-0.2, 0) is 4.79 Å². The first-order chi connectivity index (χ1) is 14.9. The van der Waals surface area contributed by atoms with E-state index in [1.54, 1.807) is 61.5 Å². The van der Waals surface area contributed by atoms with Crippen LogP contribution in [0.15, 0.2) is 77.9 Å². The molecular weight excluding hydrogens is 392 g/mol. The summed E-state index contributed by atoms with van der Waals surface area (Å²) in [5.41, 5.74) is 4.45. The largest absolute Gasteiger partial charge is 0.478 e. The highest BCUT2D eigenvalue weighted by molar-refractivity contribution is 6.01. The summed E-state index contributed by atoms with van der Waals surface area (Å²) in [6.07, 6.45) is 6.50. The standard InChI is InChI=1S/C24H18N4O3/c1-15-2-5-20(17-8-10-19(11-9-17)24(30)31)12-22-26-21(13-23(29)28(22)27-15)18-6-3-16(14-25)4-7-18/h2-13,22,26H,1H3,(H,30,31). The number of aromatic carboxylic acids is 1. The Morgan fingerprint density at radius 2 is 1.77 bits per heavy atom. The van der Waals surface area contributed by atoms with Crippen LogP contribution in [0.5, 0.6) is 0 Å². The van der Waals surface area contributed by atoms with E-state index in [-0.39, 0.29) is 11.5 Å². The number of hydrogen-bond acceptors (Lipinski definition) is 5. The molecule has 0 radical (unpaired) electrons. The van der Waals surface area contributed by atoms with Crippen molar-refractivity contribution in [3.05, 3.63) is 95.1 Å². The number of nitrogens with zero attached hydrogens (tertiary/aromatic N) is 3. The second-order valence-corrected chi connectivity index (χ2v) is 7.10. The molecule has 4 rings (SSSR count). The van der Waals surface area contributed by atoms with E-state index in [2.05, 4.69) is 16.5 Å². The minimum atomic E-state index is -0.986. The number of carbonyl (C=O) groups is 2. The van der Waals surface area contributed by atoms with Crippen molar-refractivity contribution in [2.24, 2.45) is 5.10 Å². The number of hydrazone groups is 1. The molecule has 1 amide bonds. The number of fused-ring (bicyclic) bond motifs is 1. The van der Waals surface area contributed by atoms with Crippen LogP contribution in [0.4, 0.5) is 0 Å². The topological polar surface area (TPSA) is 106 Å². The summed E-state index contributed by atoms with van der Waals surface area (Å²) in [7, 11) is 0. The van der Waals surface area contributed by atoms with E-state index in [9.17, 15) is 9.59 Å². The third-order valence-electron chi connectivity index (χ3n) is 4.96. The molecule has 152 valence electrons. The molecule has 1 atom stereocenters. The second kappa shape index (κ2) is 8.13. The SMILES string of the molecule is CC1=NN2C(=O)C=C(c3ccc(C#N)cc3)NC2C=C(c2ccc(C(=O)O)cc2)C=C1. The summed E-state index contributed by atoms with van der Waals surface area (Å²) in [6.45, 7) is 1.80. The summed E-state index contributed by atoms with van der Waals surface area (Å²) in [5, 5.41) is 27.2. The van der Waals surface area contributed by atoms with Gasteiger partial charge >= 0.3 is 5.97 Å². The van der Waals surface area contributed by atoms with Gasteiger partial charge in [-0.25, -0.2) is 9.80 Å². The highest BCUT2D eigenvalue weighted by Gasteiger charge is 2.28.